The number of nitrogens with zero attached hydrogens (tertiary/aromatic N) is 3. The minimum Gasteiger partial charge on any atom is -0.366 e. The third-order valence-electron chi connectivity index (χ3n) is 6.70. The standard InChI is InChI=1S/C24H29N3O3S/c1-17-4-3-5-21(14-17)26-13-12-25(16-18(26)2)31(29,30)22-8-9-23-20(15-22)10-11-27(23)24(28)19-6-7-19/h3-5,8-9,14-15,18-19H,6-7,10-13,16H2,1-2H3. The molecule has 7 heteroatoms. The van der Waals surface area contributed by atoms with Crippen LogP contribution in [-0.4, -0.2) is 50.9 Å². The molecule has 2 aromatic carbocycles. The summed E-state index contributed by atoms with van der Waals surface area (Å²) in [5, 5.41) is 0. The van der Waals surface area contributed by atoms with Gasteiger partial charge in [-0.05, 0) is 74.6 Å². The van der Waals surface area contributed by atoms with Crippen LogP contribution in [0.4, 0.5) is 11.4 Å². The van der Waals surface area contributed by atoms with Crippen LogP contribution in [0.25, 0.3) is 0 Å². The molecule has 1 saturated heterocycles. The van der Waals surface area contributed by atoms with Crippen LogP contribution < -0.4 is 9.80 Å². The molecule has 3 aliphatic rings. The zero-order chi connectivity index (χ0) is 21.8. The molecule has 0 radical (unpaired) electrons. The van der Waals surface area contributed by atoms with Gasteiger partial charge in [-0.2, -0.15) is 4.31 Å². The van der Waals surface area contributed by atoms with Gasteiger partial charge in [0, 0.05) is 49.5 Å². The summed E-state index contributed by atoms with van der Waals surface area (Å²) < 4.78 is 28.4. The van der Waals surface area contributed by atoms with Crippen LogP contribution in [0.3, 0.4) is 0 Å². The van der Waals surface area contributed by atoms with E-state index in [2.05, 4.69) is 36.9 Å². The van der Waals surface area contributed by atoms with Crippen molar-refractivity contribution >= 4 is 27.3 Å². The first-order valence-electron chi connectivity index (χ1n) is 11.1. The predicted octanol–water partition coefficient (Wildman–Crippen LogP) is 3.19. The van der Waals surface area contributed by atoms with E-state index in [-0.39, 0.29) is 17.9 Å². The fraction of sp³-hybridized carbons (Fsp3) is 0.458. The van der Waals surface area contributed by atoms with E-state index in [4.69, 9.17) is 0 Å². The number of amides is 1. The highest BCUT2D eigenvalue weighted by molar-refractivity contribution is 7.89. The van der Waals surface area contributed by atoms with E-state index in [9.17, 15) is 13.2 Å². The zero-order valence-electron chi connectivity index (χ0n) is 18.1. The maximum Gasteiger partial charge on any atom is 0.243 e. The molecule has 1 atom stereocenters. The molecule has 2 fully saturated rings. The van der Waals surface area contributed by atoms with Gasteiger partial charge in [-0.15, -0.1) is 0 Å². The highest BCUT2D eigenvalue weighted by atomic mass is 32.2. The molecule has 2 aromatic rings. The molecule has 2 aliphatic heterocycles. The Labute approximate surface area is 184 Å². The number of carbonyl (C=O) groups excluding carboxylic acids is 1. The Balaban J connectivity index is 1.34. The van der Waals surface area contributed by atoms with Gasteiger partial charge < -0.3 is 9.80 Å². The highest BCUT2D eigenvalue weighted by Gasteiger charge is 2.37. The summed E-state index contributed by atoms with van der Waals surface area (Å²) in [5.74, 6) is 0.357. The molecule has 0 spiro atoms. The monoisotopic (exact) mass is 439 g/mol. The average molecular weight is 440 g/mol. The molecule has 0 N–H and O–H groups in total. The maximum atomic E-state index is 13.4. The van der Waals surface area contributed by atoms with Crippen molar-refractivity contribution < 1.29 is 13.2 Å². The van der Waals surface area contributed by atoms with Crippen LogP contribution in [0.2, 0.25) is 0 Å². The molecule has 1 unspecified atom stereocenters. The summed E-state index contributed by atoms with van der Waals surface area (Å²) in [6.07, 6.45) is 2.67. The lowest BCUT2D eigenvalue weighted by Gasteiger charge is -2.40. The van der Waals surface area contributed by atoms with E-state index >= 15 is 0 Å². The van der Waals surface area contributed by atoms with Crippen LogP contribution in [-0.2, 0) is 21.2 Å². The van der Waals surface area contributed by atoms with E-state index in [1.165, 1.54) is 5.56 Å². The Morgan fingerprint density at radius 1 is 1.03 bits per heavy atom. The number of benzene rings is 2. The Morgan fingerprint density at radius 2 is 1.84 bits per heavy atom. The SMILES string of the molecule is Cc1cccc(N2CCN(S(=O)(=O)c3ccc4c(c3)CCN4C(=O)C3CC3)CC2C)c1. The van der Waals surface area contributed by atoms with Crippen LogP contribution in [0.15, 0.2) is 47.4 Å². The number of piperazine rings is 1. The summed E-state index contributed by atoms with van der Waals surface area (Å²) in [4.78, 5) is 17.0. The fourth-order valence-electron chi connectivity index (χ4n) is 4.80. The van der Waals surface area contributed by atoms with E-state index in [1.807, 2.05) is 17.0 Å². The molecule has 6 nitrogen and oxygen atoms in total. The van der Waals surface area contributed by atoms with Gasteiger partial charge in [-0.3, -0.25) is 4.79 Å². The van der Waals surface area contributed by atoms with Crippen molar-refractivity contribution in [3.05, 3.63) is 53.6 Å². The van der Waals surface area contributed by atoms with Gasteiger partial charge in [0.2, 0.25) is 15.9 Å². The molecular formula is C24H29N3O3S. The summed E-state index contributed by atoms with van der Waals surface area (Å²) in [6.45, 7) is 6.39. The smallest absolute Gasteiger partial charge is 0.243 e. The molecule has 1 saturated carbocycles. The lowest BCUT2D eigenvalue weighted by molar-refractivity contribution is -0.119. The second-order valence-electron chi connectivity index (χ2n) is 9.05. The van der Waals surface area contributed by atoms with Crippen LogP contribution in [0.1, 0.15) is 30.9 Å². The van der Waals surface area contributed by atoms with Crippen molar-refractivity contribution in [2.45, 2.75) is 44.0 Å². The summed E-state index contributed by atoms with van der Waals surface area (Å²) in [6, 6.07) is 13.7. The Bertz CT molecular complexity index is 1130. The minimum atomic E-state index is -3.57. The first-order chi connectivity index (χ1) is 14.8. The third kappa shape index (κ3) is 3.74. The molecule has 164 valence electrons. The second-order valence-corrected chi connectivity index (χ2v) is 11.0. The number of anilines is 2. The molecule has 2 heterocycles. The van der Waals surface area contributed by atoms with Gasteiger partial charge in [0.05, 0.1) is 4.90 Å². The first kappa shape index (κ1) is 20.5. The lowest BCUT2D eigenvalue weighted by Crippen LogP contribution is -2.53. The number of aryl methyl sites for hydroxylation is 1. The van der Waals surface area contributed by atoms with Gasteiger partial charge in [0.1, 0.15) is 0 Å². The zero-order valence-corrected chi connectivity index (χ0v) is 18.9. The molecule has 0 aromatic heterocycles. The molecule has 1 aliphatic carbocycles. The van der Waals surface area contributed by atoms with Crippen molar-refractivity contribution in [1.29, 1.82) is 0 Å². The Morgan fingerprint density at radius 3 is 2.55 bits per heavy atom. The number of fused-ring (bicyclic) bond motifs is 1. The summed E-state index contributed by atoms with van der Waals surface area (Å²) in [5.41, 5.74) is 4.18. The van der Waals surface area contributed by atoms with E-state index < -0.39 is 10.0 Å². The minimum absolute atomic E-state index is 0.0893. The summed E-state index contributed by atoms with van der Waals surface area (Å²) >= 11 is 0. The largest absolute Gasteiger partial charge is 0.366 e. The van der Waals surface area contributed by atoms with E-state index in [1.54, 1.807) is 16.4 Å². The van der Waals surface area contributed by atoms with Gasteiger partial charge >= 0.3 is 0 Å². The van der Waals surface area contributed by atoms with Crippen molar-refractivity contribution in [2.24, 2.45) is 5.92 Å². The molecule has 0 bridgehead atoms. The first-order valence-corrected chi connectivity index (χ1v) is 12.6. The maximum absolute atomic E-state index is 13.4. The van der Waals surface area contributed by atoms with Gasteiger partial charge in [-0.1, -0.05) is 12.1 Å². The predicted molar refractivity (Wildman–Crippen MR) is 122 cm³/mol. The number of carbonyl (C=O) groups is 1. The van der Waals surface area contributed by atoms with Crippen LogP contribution in [0.5, 0.6) is 0 Å². The number of hydrogen-bond donors (Lipinski definition) is 0. The van der Waals surface area contributed by atoms with E-state index in [0.717, 1.165) is 29.8 Å². The van der Waals surface area contributed by atoms with E-state index in [0.29, 0.717) is 37.5 Å². The van der Waals surface area contributed by atoms with Crippen molar-refractivity contribution in [2.75, 3.05) is 36.0 Å². The van der Waals surface area contributed by atoms with Gasteiger partial charge in [0.25, 0.3) is 0 Å². The molecular weight excluding hydrogens is 410 g/mol. The second kappa shape index (κ2) is 7.64. The van der Waals surface area contributed by atoms with Crippen LogP contribution >= 0.6 is 0 Å². The average Bonchev–Trinajstić information content (AvgIpc) is 3.52. The fourth-order valence-corrected chi connectivity index (χ4v) is 6.36. The molecule has 31 heavy (non-hydrogen) atoms. The Kier molecular flexibility index (Phi) is 5.06. The third-order valence-corrected chi connectivity index (χ3v) is 8.56. The Hall–Kier alpha value is -2.38. The normalized spacial score (nSPS) is 21.9. The van der Waals surface area contributed by atoms with Crippen LogP contribution in [0, 0.1) is 12.8 Å². The quantitative estimate of drug-likeness (QED) is 0.734. The topological polar surface area (TPSA) is 60.9 Å². The number of sulfonamides is 1. The van der Waals surface area contributed by atoms with Crippen molar-refractivity contribution in [3.63, 3.8) is 0 Å². The number of hydrogen-bond acceptors (Lipinski definition) is 4. The molecule has 1 amide bonds. The summed E-state index contributed by atoms with van der Waals surface area (Å²) in [7, 11) is -3.57. The van der Waals surface area contributed by atoms with Crippen molar-refractivity contribution in [3.8, 4) is 0 Å². The van der Waals surface area contributed by atoms with Gasteiger partial charge in [0.15, 0.2) is 0 Å². The number of rotatable bonds is 4. The van der Waals surface area contributed by atoms with Crippen molar-refractivity contribution in [1.82, 2.24) is 4.31 Å². The lowest BCUT2D eigenvalue weighted by atomic mass is 10.1. The highest BCUT2D eigenvalue weighted by Crippen LogP contribution is 2.37. The molecule has 5 rings (SSSR count). The van der Waals surface area contributed by atoms with Gasteiger partial charge in [-0.25, -0.2) is 8.42 Å².